The van der Waals surface area contributed by atoms with Gasteiger partial charge in [0, 0.05) is 13.1 Å². The van der Waals surface area contributed by atoms with Gasteiger partial charge in [-0.25, -0.2) is 0 Å². The van der Waals surface area contributed by atoms with Crippen LogP contribution in [0.1, 0.15) is 12.8 Å². The average molecular weight is 293 g/mol. The second-order valence-corrected chi connectivity index (χ2v) is 4.96. The third kappa shape index (κ3) is 3.87. The minimum Gasteiger partial charge on any atom is -0.504 e. The Labute approximate surface area is 123 Å². The number of carbonyl (C=O) groups excluding carboxylic acids is 2. The molecule has 1 fully saturated rings. The average Bonchev–Trinajstić information content (AvgIpc) is 2.53. The molecule has 21 heavy (non-hydrogen) atoms. The number of piperidine rings is 1. The molecule has 0 spiro atoms. The van der Waals surface area contributed by atoms with Gasteiger partial charge in [-0.05, 0) is 25.0 Å². The van der Waals surface area contributed by atoms with Gasteiger partial charge >= 0.3 is 5.97 Å². The number of hydrogen-bond donors (Lipinski definition) is 1. The number of esters is 1. The summed E-state index contributed by atoms with van der Waals surface area (Å²) in [4.78, 5) is 25.2. The van der Waals surface area contributed by atoms with Crippen molar-refractivity contribution in [1.29, 1.82) is 0 Å². The van der Waals surface area contributed by atoms with E-state index in [1.807, 2.05) is 0 Å². The molecule has 0 radical (unpaired) electrons. The quantitative estimate of drug-likeness (QED) is 0.844. The first kappa shape index (κ1) is 15.2. The zero-order chi connectivity index (χ0) is 15.2. The van der Waals surface area contributed by atoms with Gasteiger partial charge in [-0.3, -0.25) is 9.59 Å². The summed E-state index contributed by atoms with van der Waals surface area (Å²) in [5.74, 6) is -0.484. The highest BCUT2D eigenvalue weighted by molar-refractivity contribution is 5.79. The van der Waals surface area contributed by atoms with Gasteiger partial charge < -0.3 is 19.5 Å². The maximum Gasteiger partial charge on any atom is 0.310 e. The van der Waals surface area contributed by atoms with Crippen molar-refractivity contribution in [1.82, 2.24) is 4.90 Å². The number of likely N-dealkylation sites (tertiary alicyclic amines) is 1. The van der Waals surface area contributed by atoms with Crippen LogP contribution in [-0.2, 0) is 14.3 Å². The maximum atomic E-state index is 12.1. The van der Waals surface area contributed by atoms with Crippen molar-refractivity contribution in [3.8, 4) is 11.5 Å². The predicted octanol–water partition coefficient (Wildman–Crippen LogP) is 1.18. The van der Waals surface area contributed by atoms with E-state index in [1.54, 1.807) is 23.1 Å². The summed E-state index contributed by atoms with van der Waals surface area (Å²) < 4.78 is 10.0. The Hall–Kier alpha value is -2.24. The standard InChI is InChI=1S/C15H19NO5/c1-20-15(19)11-5-4-8-16(9-11)14(18)10-21-13-7-3-2-6-12(13)17/h2-3,6-7,11,17H,4-5,8-10H2,1H3/t11-/m0/s1. The van der Waals surface area contributed by atoms with Crippen LogP contribution in [0.25, 0.3) is 0 Å². The summed E-state index contributed by atoms with van der Waals surface area (Å²) in [6.45, 7) is 0.803. The van der Waals surface area contributed by atoms with Crippen molar-refractivity contribution in [3.63, 3.8) is 0 Å². The topological polar surface area (TPSA) is 76.1 Å². The molecule has 1 aliphatic rings. The highest BCUT2D eigenvalue weighted by Gasteiger charge is 2.29. The molecule has 114 valence electrons. The third-order valence-corrected chi connectivity index (χ3v) is 3.53. The molecule has 1 heterocycles. The summed E-state index contributed by atoms with van der Waals surface area (Å²) in [7, 11) is 1.35. The second kappa shape index (κ2) is 6.97. The lowest BCUT2D eigenvalue weighted by atomic mass is 9.98. The fourth-order valence-electron chi connectivity index (χ4n) is 2.37. The summed E-state index contributed by atoms with van der Waals surface area (Å²) in [5, 5.41) is 9.57. The van der Waals surface area contributed by atoms with Crippen LogP contribution >= 0.6 is 0 Å². The number of carbonyl (C=O) groups is 2. The molecule has 1 amide bonds. The number of phenolic OH excluding ortho intramolecular Hbond substituents is 1. The van der Waals surface area contributed by atoms with Crippen molar-refractivity contribution in [2.75, 3.05) is 26.8 Å². The second-order valence-electron chi connectivity index (χ2n) is 4.96. The summed E-state index contributed by atoms with van der Waals surface area (Å²) in [5.41, 5.74) is 0. The summed E-state index contributed by atoms with van der Waals surface area (Å²) in [6, 6.07) is 6.48. The number of aromatic hydroxyl groups is 1. The lowest BCUT2D eigenvalue weighted by molar-refractivity contribution is -0.149. The van der Waals surface area contributed by atoms with E-state index in [-0.39, 0.29) is 35.9 Å². The highest BCUT2D eigenvalue weighted by Crippen LogP contribution is 2.24. The fraction of sp³-hybridized carbons (Fsp3) is 0.467. The van der Waals surface area contributed by atoms with Crippen LogP contribution in [0, 0.1) is 5.92 Å². The monoisotopic (exact) mass is 293 g/mol. The van der Waals surface area contributed by atoms with Crippen molar-refractivity contribution in [3.05, 3.63) is 24.3 Å². The number of phenols is 1. The van der Waals surface area contributed by atoms with Crippen molar-refractivity contribution >= 4 is 11.9 Å². The smallest absolute Gasteiger partial charge is 0.310 e. The summed E-state index contributed by atoms with van der Waals surface area (Å²) >= 11 is 0. The molecular formula is C15H19NO5. The number of amides is 1. The van der Waals surface area contributed by atoms with Gasteiger partial charge in [0.05, 0.1) is 13.0 Å². The molecule has 0 aliphatic carbocycles. The molecule has 6 heteroatoms. The number of ether oxygens (including phenoxy) is 2. The first-order valence-corrected chi connectivity index (χ1v) is 6.88. The molecule has 0 saturated carbocycles. The van der Waals surface area contributed by atoms with Crippen molar-refractivity contribution in [2.45, 2.75) is 12.8 Å². The van der Waals surface area contributed by atoms with E-state index < -0.39 is 0 Å². The van der Waals surface area contributed by atoms with Gasteiger partial charge in [0.1, 0.15) is 0 Å². The molecule has 1 aromatic carbocycles. The summed E-state index contributed by atoms with van der Waals surface area (Å²) in [6.07, 6.45) is 1.50. The van der Waals surface area contributed by atoms with Crippen LogP contribution in [0.15, 0.2) is 24.3 Å². The highest BCUT2D eigenvalue weighted by atomic mass is 16.5. The molecular weight excluding hydrogens is 274 g/mol. The lowest BCUT2D eigenvalue weighted by Gasteiger charge is -2.31. The minimum absolute atomic E-state index is 0.00335. The van der Waals surface area contributed by atoms with Crippen LogP contribution in [0.5, 0.6) is 11.5 Å². The number of nitrogens with zero attached hydrogens (tertiary/aromatic N) is 1. The Morgan fingerprint density at radius 2 is 2.14 bits per heavy atom. The number of benzene rings is 1. The van der Waals surface area contributed by atoms with Crippen LogP contribution in [0.4, 0.5) is 0 Å². The SMILES string of the molecule is COC(=O)[C@H]1CCCN(C(=O)COc2ccccc2O)C1. The molecule has 1 atom stereocenters. The van der Waals surface area contributed by atoms with Gasteiger partial charge in [0.15, 0.2) is 18.1 Å². The molecule has 1 saturated heterocycles. The third-order valence-electron chi connectivity index (χ3n) is 3.53. The Morgan fingerprint density at radius 3 is 2.86 bits per heavy atom. The van der Waals surface area contributed by atoms with E-state index in [1.165, 1.54) is 13.2 Å². The molecule has 1 aromatic rings. The van der Waals surface area contributed by atoms with E-state index in [2.05, 4.69) is 0 Å². The lowest BCUT2D eigenvalue weighted by Crippen LogP contribution is -2.44. The van der Waals surface area contributed by atoms with Crippen molar-refractivity contribution < 1.29 is 24.2 Å². The van der Waals surface area contributed by atoms with Crippen LogP contribution < -0.4 is 4.74 Å². The van der Waals surface area contributed by atoms with Gasteiger partial charge in [-0.15, -0.1) is 0 Å². The molecule has 0 bridgehead atoms. The normalized spacial score (nSPS) is 18.1. The van der Waals surface area contributed by atoms with Gasteiger partial charge in [-0.1, -0.05) is 12.1 Å². The van der Waals surface area contributed by atoms with E-state index in [4.69, 9.17) is 9.47 Å². The van der Waals surface area contributed by atoms with E-state index in [9.17, 15) is 14.7 Å². The zero-order valence-electron chi connectivity index (χ0n) is 11.9. The first-order valence-electron chi connectivity index (χ1n) is 6.88. The number of para-hydroxylation sites is 2. The molecule has 2 rings (SSSR count). The number of methoxy groups -OCH3 is 1. The molecule has 6 nitrogen and oxygen atoms in total. The van der Waals surface area contributed by atoms with E-state index in [0.717, 1.165) is 12.8 Å². The number of hydrogen-bond acceptors (Lipinski definition) is 5. The van der Waals surface area contributed by atoms with Crippen LogP contribution in [0.3, 0.4) is 0 Å². The molecule has 0 aromatic heterocycles. The van der Waals surface area contributed by atoms with E-state index in [0.29, 0.717) is 13.1 Å². The van der Waals surface area contributed by atoms with Gasteiger partial charge in [0.2, 0.25) is 0 Å². The minimum atomic E-state index is -0.283. The Morgan fingerprint density at radius 1 is 1.38 bits per heavy atom. The van der Waals surface area contributed by atoms with Crippen LogP contribution in [0.2, 0.25) is 0 Å². The predicted molar refractivity (Wildman–Crippen MR) is 74.9 cm³/mol. The molecule has 1 N–H and O–H groups in total. The maximum absolute atomic E-state index is 12.1. The van der Waals surface area contributed by atoms with E-state index >= 15 is 0 Å². The van der Waals surface area contributed by atoms with Gasteiger partial charge in [-0.2, -0.15) is 0 Å². The molecule has 1 aliphatic heterocycles. The Bertz CT molecular complexity index is 517. The Kier molecular flexibility index (Phi) is 5.03. The fourth-order valence-corrected chi connectivity index (χ4v) is 2.37. The Balaban J connectivity index is 1.88. The number of rotatable bonds is 4. The first-order chi connectivity index (χ1) is 10.1. The largest absolute Gasteiger partial charge is 0.504 e. The van der Waals surface area contributed by atoms with Crippen LogP contribution in [-0.4, -0.2) is 48.7 Å². The van der Waals surface area contributed by atoms with Crippen molar-refractivity contribution in [2.24, 2.45) is 5.92 Å². The zero-order valence-corrected chi connectivity index (χ0v) is 11.9. The van der Waals surface area contributed by atoms with Gasteiger partial charge in [0.25, 0.3) is 5.91 Å². The molecule has 0 unspecified atom stereocenters.